The highest BCUT2D eigenvalue weighted by atomic mass is 16.4. The molecule has 0 aliphatic heterocycles. The van der Waals surface area contributed by atoms with Crippen LogP contribution in [0.5, 0.6) is 0 Å². The summed E-state index contributed by atoms with van der Waals surface area (Å²) in [7, 11) is 0. The number of anilines is 2. The van der Waals surface area contributed by atoms with Gasteiger partial charge < -0.3 is 21.5 Å². The van der Waals surface area contributed by atoms with Crippen molar-refractivity contribution in [2.75, 3.05) is 30.7 Å². The summed E-state index contributed by atoms with van der Waals surface area (Å²) in [5.41, 5.74) is 9.23. The summed E-state index contributed by atoms with van der Waals surface area (Å²) in [5.74, 6) is -0.701. The predicted octanol–water partition coefficient (Wildman–Crippen LogP) is 3.28. The van der Waals surface area contributed by atoms with E-state index >= 15 is 0 Å². The molecule has 0 radical (unpaired) electrons. The third kappa shape index (κ3) is 4.69. The molecule has 1 aliphatic rings. The summed E-state index contributed by atoms with van der Waals surface area (Å²) < 4.78 is 0. The fraction of sp³-hybridized carbons (Fsp3) is 0.391. The molecule has 0 heterocycles. The molecule has 1 saturated carbocycles. The minimum absolute atomic E-state index is 0.491. The van der Waals surface area contributed by atoms with Crippen molar-refractivity contribution in [3.05, 3.63) is 59.2 Å². The van der Waals surface area contributed by atoms with Crippen LogP contribution < -0.4 is 16.4 Å². The fourth-order valence-corrected chi connectivity index (χ4v) is 3.76. The first kappa shape index (κ1) is 20.7. The van der Waals surface area contributed by atoms with Gasteiger partial charge in [-0.05, 0) is 62.0 Å². The summed E-state index contributed by atoms with van der Waals surface area (Å²) in [6, 6.07) is 15.6. The second-order valence-corrected chi connectivity index (χ2v) is 7.60. The Morgan fingerprint density at radius 3 is 2.52 bits per heavy atom. The van der Waals surface area contributed by atoms with Crippen LogP contribution >= 0.6 is 0 Å². The molecule has 0 spiro atoms. The highest BCUT2D eigenvalue weighted by Gasteiger charge is 2.45. The van der Waals surface area contributed by atoms with Gasteiger partial charge in [0, 0.05) is 6.54 Å². The maximum absolute atomic E-state index is 11.6. The number of para-hydroxylation sites is 1. The number of rotatable bonds is 10. The van der Waals surface area contributed by atoms with E-state index in [1.165, 1.54) is 5.56 Å². The van der Waals surface area contributed by atoms with Crippen molar-refractivity contribution in [3.8, 4) is 6.07 Å². The first-order valence-electron chi connectivity index (χ1n) is 10.1. The third-order valence-corrected chi connectivity index (χ3v) is 5.79. The zero-order valence-electron chi connectivity index (χ0n) is 16.6. The van der Waals surface area contributed by atoms with E-state index in [-0.39, 0.29) is 0 Å². The number of nitrogen functional groups attached to an aromatic ring is 1. The molecule has 0 atom stereocenters. The van der Waals surface area contributed by atoms with Crippen LogP contribution in [0.1, 0.15) is 42.4 Å². The Hall–Kier alpha value is -3.04. The van der Waals surface area contributed by atoms with Crippen molar-refractivity contribution in [1.82, 2.24) is 5.32 Å². The lowest BCUT2D eigenvalue weighted by molar-refractivity contribution is -0.147. The van der Waals surface area contributed by atoms with Crippen LogP contribution in [0, 0.1) is 11.3 Å². The Labute approximate surface area is 171 Å². The van der Waals surface area contributed by atoms with Gasteiger partial charge in [0.15, 0.2) is 0 Å². The Bertz CT molecular complexity index is 883. The molecule has 3 rings (SSSR count). The third-order valence-electron chi connectivity index (χ3n) is 5.79. The van der Waals surface area contributed by atoms with E-state index in [4.69, 9.17) is 11.0 Å². The SMILES string of the molecule is N#Cc1cccc(NCCCNCCc2ccc(C3(C(=O)O)CCC3)cc2)c1N. The largest absolute Gasteiger partial charge is 0.481 e. The van der Waals surface area contributed by atoms with Crippen LogP contribution in [0.3, 0.4) is 0 Å². The smallest absolute Gasteiger partial charge is 0.314 e. The number of carbonyl (C=O) groups is 1. The lowest BCUT2D eigenvalue weighted by atomic mass is 9.64. The molecule has 152 valence electrons. The Balaban J connectivity index is 1.35. The van der Waals surface area contributed by atoms with E-state index in [9.17, 15) is 9.90 Å². The van der Waals surface area contributed by atoms with Crippen molar-refractivity contribution in [2.24, 2.45) is 0 Å². The van der Waals surface area contributed by atoms with Gasteiger partial charge in [-0.1, -0.05) is 36.8 Å². The number of benzene rings is 2. The van der Waals surface area contributed by atoms with Gasteiger partial charge in [-0.3, -0.25) is 4.79 Å². The van der Waals surface area contributed by atoms with E-state index in [1.807, 2.05) is 36.4 Å². The number of hydrogen-bond acceptors (Lipinski definition) is 5. The van der Waals surface area contributed by atoms with E-state index in [1.54, 1.807) is 6.07 Å². The molecule has 6 nitrogen and oxygen atoms in total. The van der Waals surface area contributed by atoms with E-state index in [2.05, 4.69) is 16.7 Å². The summed E-state index contributed by atoms with van der Waals surface area (Å²) in [4.78, 5) is 11.6. The first-order valence-corrected chi connectivity index (χ1v) is 10.1. The standard InChI is InChI=1S/C23H28N4O2/c24-16-18-4-1-5-20(21(18)25)27-14-3-13-26-15-10-17-6-8-19(9-7-17)23(22(28)29)11-2-12-23/h1,4-9,26-27H,2-3,10-15,25H2,(H,28,29). The second-order valence-electron chi connectivity index (χ2n) is 7.60. The molecule has 1 fully saturated rings. The molecule has 0 aromatic heterocycles. The van der Waals surface area contributed by atoms with E-state index in [0.29, 0.717) is 11.3 Å². The molecule has 0 unspecified atom stereocenters. The van der Waals surface area contributed by atoms with Gasteiger partial charge in [0.1, 0.15) is 6.07 Å². The van der Waals surface area contributed by atoms with Gasteiger partial charge in [0.05, 0.1) is 22.4 Å². The van der Waals surface area contributed by atoms with E-state index < -0.39 is 11.4 Å². The Morgan fingerprint density at radius 2 is 1.90 bits per heavy atom. The van der Waals surface area contributed by atoms with Crippen molar-refractivity contribution >= 4 is 17.3 Å². The fourth-order valence-electron chi connectivity index (χ4n) is 3.76. The van der Waals surface area contributed by atoms with Crippen LogP contribution in [0.2, 0.25) is 0 Å². The second kappa shape index (κ2) is 9.44. The molecule has 0 amide bonds. The molecule has 0 bridgehead atoms. The topological polar surface area (TPSA) is 111 Å². The van der Waals surface area contributed by atoms with Crippen LogP contribution in [-0.4, -0.2) is 30.7 Å². The average Bonchev–Trinajstić information content (AvgIpc) is 2.68. The maximum atomic E-state index is 11.6. The summed E-state index contributed by atoms with van der Waals surface area (Å²) in [6.07, 6.45) is 4.32. The van der Waals surface area contributed by atoms with Gasteiger partial charge >= 0.3 is 5.97 Å². The molecule has 2 aromatic carbocycles. The lowest BCUT2D eigenvalue weighted by Gasteiger charge is -2.38. The van der Waals surface area contributed by atoms with Crippen LogP contribution in [0.4, 0.5) is 11.4 Å². The zero-order valence-corrected chi connectivity index (χ0v) is 16.6. The molecular formula is C23H28N4O2. The lowest BCUT2D eigenvalue weighted by Crippen LogP contribution is -2.42. The summed E-state index contributed by atoms with van der Waals surface area (Å²) in [6.45, 7) is 2.53. The predicted molar refractivity (Wildman–Crippen MR) is 115 cm³/mol. The minimum atomic E-state index is -0.701. The van der Waals surface area contributed by atoms with E-state index in [0.717, 1.165) is 63.0 Å². The van der Waals surface area contributed by atoms with Crippen molar-refractivity contribution in [2.45, 2.75) is 37.5 Å². The first-order chi connectivity index (χ1) is 14.1. The Morgan fingerprint density at radius 1 is 1.14 bits per heavy atom. The van der Waals surface area contributed by atoms with Crippen LogP contribution in [-0.2, 0) is 16.6 Å². The van der Waals surface area contributed by atoms with Gasteiger partial charge in [0.2, 0.25) is 0 Å². The number of nitriles is 1. The average molecular weight is 393 g/mol. The van der Waals surface area contributed by atoms with Gasteiger partial charge in [-0.25, -0.2) is 0 Å². The number of carboxylic acid groups (broad SMARTS) is 1. The van der Waals surface area contributed by atoms with Crippen LogP contribution in [0.25, 0.3) is 0 Å². The Kier molecular flexibility index (Phi) is 6.73. The summed E-state index contributed by atoms with van der Waals surface area (Å²) in [5, 5.41) is 25.2. The number of aliphatic carboxylic acids is 1. The molecule has 2 aromatic rings. The van der Waals surface area contributed by atoms with Crippen molar-refractivity contribution in [3.63, 3.8) is 0 Å². The van der Waals surface area contributed by atoms with Gasteiger partial charge in [-0.15, -0.1) is 0 Å². The quantitative estimate of drug-likeness (QED) is 0.365. The number of carboxylic acids is 1. The monoisotopic (exact) mass is 392 g/mol. The number of nitrogens with two attached hydrogens (primary N) is 1. The van der Waals surface area contributed by atoms with Crippen molar-refractivity contribution < 1.29 is 9.90 Å². The minimum Gasteiger partial charge on any atom is -0.481 e. The number of nitrogens with zero attached hydrogens (tertiary/aromatic N) is 1. The molecule has 29 heavy (non-hydrogen) atoms. The van der Waals surface area contributed by atoms with Gasteiger partial charge in [-0.2, -0.15) is 5.26 Å². The maximum Gasteiger partial charge on any atom is 0.314 e. The van der Waals surface area contributed by atoms with Gasteiger partial charge in [0.25, 0.3) is 0 Å². The molecule has 0 saturated heterocycles. The molecular weight excluding hydrogens is 364 g/mol. The summed E-state index contributed by atoms with van der Waals surface area (Å²) >= 11 is 0. The molecule has 5 N–H and O–H groups in total. The highest BCUT2D eigenvalue weighted by molar-refractivity contribution is 5.82. The zero-order chi connectivity index (χ0) is 20.7. The molecule has 1 aliphatic carbocycles. The normalized spacial score (nSPS) is 14.6. The number of hydrogen-bond donors (Lipinski definition) is 4. The number of nitrogens with one attached hydrogen (secondary N) is 2. The molecule has 6 heteroatoms. The highest BCUT2D eigenvalue weighted by Crippen LogP contribution is 2.43. The van der Waals surface area contributed by atoms with Crippen LogP contribution in [0.15, 0.2) is 42.5 Å². The van der Waals surface area contributed by atoms with Crippen molar-refractivity contribution in [1.29, 1.82) is 5.26 Å².